The van der Waals surface area contributed by atoms with Crippen LogP contribution in [0.15, 0.2) is 91.4 Å². The second-order valence-electron chi connectivity index (χ2n) is 8.48. The number of hydrogen-bond acceptors (Lipinski definition) is 4. The van der Waals surface area contributed by atoms with E-state index < -0.39 is 0 Å². The standard InChI is InChI=1S/C29H23N5O/c1-34(2)29(35)20-8-6-19(7-9-20)21-4-3-5-22(14-21)26-18-31-17-24(16-30)28(26)33-25-10-11-27-23(15-25)12-13-32-27/h3-15,17-18,32H,1-2H3,(H,31,33). The van der Waals surface area contributed by atoms with Crippen molar-refractivity contribution in [1.29, 1.82) is 5.26 Å². The molecule has 0 saturated heterocycles. The van der Waals surface area contributed by atoms with Gasteiger partial charge in [-0.05, 0) is 59.2 Å². The van der Waals surface area contributed by atoms with Gasteiger partial charge in [-0.15, -0.1) is 0 Å². The van der Waals surface area contributed by atoms with Crippen LogP contribution >= 0.6 is 0 Å². The quantitative estimate of drug-likeness (QED) is 0.328. The number of benzene rings is 3. The summed E-state index contributed by atoms with van der Waals surface area (Å²) in [4.78, 5) is 21.3. The van der Waals surface area contributed by atoms with Crippen LogP contribution in [0.1, 0.15) is 15.9 Å². The van der Waals surface area contributed by atoms with E-state index in [4.69, 9.17) is 0 Å². The summed E-state index contributed by atoms with van der Waals surface area (Å²) in [6.07, 6.45) is 5.25. The van der Waals surface area contributed by atoms with Crippen molar-refractivity contribution in [3.8, 4) is 28.3 Å². The first kappa shape index (κ1) is 21.9. The number of H-pyrrole nitrogens is 1. The molecule has 170 valence electrons. The molecular formula is C29H23N5O. The molecular weight excluding hydrogens is 434 g/mol. The number of pyridine rings is 1. The summed E-state index contributed by atoms with van der Waals surface area (Å²) in [7, 11) is 3.48. The average Bonchev–Trinajstić information content (AvgIpc) is 3.36. The lowest BCUT2D eigenvalue weighted by atomic mass is 9.97. The summed E-state index contributed by atoms with van der Waals surface area (Å²) >= 11 is 0. The number of aromatic nitrogens is 2. The minimum Gasteiger partial charge on any atom is -0.361 e. The van der Waals surface area contributed by atoms with Gasteiger partial charge < -0.3 is 15.2 Å². The lowest BCUT2D eigenvalue weighted by Gasteiger charge is -2.15. The monoisotopic (exact) mass is 457 g/mol. The summed E-state index contributed by atoms with van der Waals surface area (Å²) < 4.78 is 0. The van der Waals surface area contributed by atoms with Gasteiger partial charge in [0.2, 0.25) is 0 Å². The number of fused-ring (bicyclic) bond motifs is 1. The molecule has 0 unspecified atom stereocenters. The topological polar surface area (TPSA) is 84.8 Å². The molecule has 0 aliphatic heterocycles. The van der Waals surface area contributed by atoms with Crippen LogP contribution in [0.25, 0.3) is 33.2 Å². The lowest BCUT2D eigenvalue weighted by Crippen LogP contribution is -2.21. The van der Waals surface area contributed by atoms with E-state index in [-0.39, 0.29) is 5.91 Å². The third-order valence-corrected chi connectivity index (χ3v) is 5.93. The zero-order valence-corrected chi connectivity index (χ0v) is 19.4. The highest BCUT2D eigenvalue weighted by Gasteiger charge is 2.13. The van der Waals surface area contributed by atoms with Crippen LogP contribution < -0.4 is 5.32 Å². The Labute approximate surface area is 203 Å². The largest absolute Gasteiger partial charge is 0.361 e. The molecule has 0 aliphatic carbocycles. The molecule has 2 aromatic heterocycles. The van der Waals surface area contributed by atoms with Crippen molar-refractivity contribution >= 4 is 28.2 Å². The van der Waals surface area contributed by atoms with Gasteiger partial charge >= 0.3 is 0 Å². The molecule has 0 fully saturated rings. The van der Waals surface area contributed by atoms with Crippen molar-refractivity contribution in [2.45, 2.75) is 0 Å². The molecule has 0 saturated carbocycles. The van der Waals surface area contributed by atoms with Gasteiger partial charge in [-0.2, -0.15) is 5.26 Å². The Balaban J connectivity index is 1.52. The second kappa shape index (κ2) is 9.16. The van der Waals surface area contributed by atoms with Crippen molar-refractivity contribution in [2.24, 2.45) is 0 Å². The number of hydrogen-bond donors (Lipinski definition) is 2. The Morgan fingerprint density at radius 2 is 1.74 bits per heavy atom. The predicted octanol–water partition coefficient (Wildman–Crippen LogP) is 6.21. The van der Waals surface area contributed by atoms with E-state index in [1.165, 1.54) is 0 Å². The summed E-state index contributed by atoms with van der Waals surface area (Å²) in [6, 6.07) is 26.0. The Morgan fingerprint density at radius 3 is 2.51 bits per heavy atom. The molecule has 35 heavy (non-hydrogen) atoms. The van der Waals surface area contributed by atoms with Gasteiger partial charge in [-0.1, -0.05) is 30.3 Å². The third kappa shape index (κ3) is 4.35. The first-order chi connectivity index (χ1) is 17.0. The normalized spacial score (nSPS) is 10.7. The van der Waals surface area contributed by atoms with Crippen LogP contribution in [0.4, 0.5) is 11.4 Å². The number of nitrogens with zero attached hydrogens (tertiary/aromatic N) is 3. The van der Waals surface area contributed by atoms with Crippen LogP contribution in [-0.2, 0) is 0 Å². The molecule has 0 atom stereocenters. The number of aromatic amines is 1. The maximum Gasteiger partial charge on any atom is 0.253 e. The molecule has 6 heteroatoms. The van der Waals surface area contributed by atoms with E-state index in [2.05, 4.69) is 27.4 Å². The number of carbonyl (C=O) groups is 1. The molecule has 6 nitrogen and oxygen atoms in total. The molecule has 5 aromatic rings. The van der Waals surface area contributed by atoms with E-state index in [9.17, 15) is 10.1 Å². The van der Waals surface area contributed by atoms with Crippen molar-refractivity contribution < 1.29 is 4.79 Å². The summed E-state index contributed by atoms with van der Waals surface area (Å²) in [6.45, 7) is 0. The molecule has 0 bridgehead atoms. The summed E-state index contributed by atoms with van der Waals surface area (Å²) in [5.74, 6) is -0.0294. The van der Waals surface area contributed by atoms with Crippen LogP contribution in [0.2, 0.25) is 0 Å². The van der Waals surface area contributed by atoms with E-state index in [1.807, 2.05) is 72.9 Å². The maximum atomic E-state index is 12.2. The Bertz CT molecular complexity index is 1580. The highest BCUT2D eigenvalue weighted by Crippen LogP contribution is 2.35. The molecule has 5 rings (SSSR count). The van der Waals surface area contributed by atoms with E-state index in [0.29, 0.717) is 16.8 Å². The molecule has 2 N–H and O–H groups in total. The zero-order chi connectivity index (χ0) is 24.4. The fourth-order valence-electron chi connectivity index (χ4n) is 4.10. The van der Waals surface area contributed by atoms with Gasteiger partial charge in [-0.25, -0.2) is 0 Å². The van der Waals surface area contributed by atoms with Gasteiger partial charge in [0.1, 0.15) is 6.07 Å². The predicted molar refractivity (Wildman–Crippen MR) is 139 cm³/mol. The van der Waals surface area contributed by atoms with Gasteiger partial charge in [0.15, 0.2) is 0 Å². The molecule has 1 amide bonds. The highest BCUT2D eigenvalue weighted by molar-refractivity contribution is 5.94. The van der Waals surface area contributed by atoms with Crippen molar-refractivity contribution in [3.05, 3.63) is 103 Å². The first-order valence-corrected chi connectivity index (χ1v) is 11.2. The molecule has 0 radical (unpaired) electrons. The first-order valence-electron chi connectivity index (χ1n) is 11.2. The van der Waals surface area contributed by atoms with E-state index >= 15 is 0 Å². The van der Waals surface area contributed by atoms with Gasteiger partial charge in [0.25, 0.3) is 5.91 Å². The summed E-state index contributed by atoms with van der Waals surface area (Å²) in [5, 5.41) is 14.3. The van der Waals surface area contributed by atoms with E-state index in [1.54, 1.807) is 31.4 Å². The van der Waals surface area contributed by atoms with Crippen molar-refractivity contribution in [2.75, 3.05) is 19.4 Å². The number of carbonyl (C=O) groups excluding carboxylic acids is 1. The fourth-order valence-corrected chi connectivity index (χ4v) is 4.10. The molecule has 0 aliphatic rings. The fraction of sp³-hybridized carbons (Fsp3) is 0.0690. The average molecular weight is 458 g/mol. The number of nitrogens with one attached hydrogen (secondary N) is 2. The minimum atomic E-state index is -0.0294. The van der Waals surface area contributed by atoms with Gasteiger partial charge in [0.05, 0.1) is 11.3 Å². The number of rotatable bonds is 5. The second-order valence-corrected chi connectivity index (χ2v) is 8.48. The third-order valence-electron chi connectivity index (χ3n) is 5.93. The number of anilines is 2. The SMILES string of the molecule is CN(C)C(=O)c1ccc(-c2cccc(-c3cncc(C#N)c3Nc3ccc4[nH]ccc4c3)c2)cc1. The maximum absolute atomic E-state index is 12.2. The van der Waals surface area contributed by atoms with Crippen LogP contribution in [0, 0.1) is 11.3 Å². The van der Waals surface area contributed by atoms with Crippen molar-refractivity contribution in [3.63, 3.8) is 0 Å². The Hall–Kier alpha value is -4.89. The van der Waals surface area contributed by atoms with Crippen LogP contribution in [0.3, 0.4) is 0 Å². The lowest BCUT2D eigenvalue weighted by molar-refractivity contribution is 0.0827. The minimum absolute atomic E-state index is 0.0294. The van der Waals surface area contributed by atoms with Gasteiger partial charge in [-0.3, -0.25) is 9.78 Å². The van der Waals surface area contributed by atoms with Crippen LogP contribution in [0.5, 0.6) is 0 Å². The van der Waals surface area contributed by atoms with Crippen molar-refractivity contribution in [1.82, 2.24) is 14.9 Å². The molecule has 3 aromatic carbocycles. The molecule has 0 spiro atoms. The smallest absolute Gasteiger partial charge is 0.253 e. The van der Waals surface area contributed by atoms with E-state index in [0.717, 1.165) is 38.8 Å². The molecule has 2 heterocycles. The number of amides is 1. The van der Waals surface area contributed by atoms with Gasteiger partial charge in [0, 0.05) is 60.4 Å². The zero-order valence-electron chi connectivity index (χ0n) is 19.4. The highest BCUT2D eigenvalue weighted by atomic mass is 16.2. The van der Waals surface area contributed by atoms with Crippen LogP contribution in [-0.4, -0.2) is 34.9 Å². The Morgan fingerprint density at radius 1 is 0.943 bits per heavy atom. The Kier molecular flexibility index (Phi) is 5.74. The summed E-state index contributed by atoms with van der Waals surface area (Å²) in [5.41, 5.74) is 7.54. The number of nitriles is 1.